The Bertz CT molecular complexity index is 2110. The zero-order valence-corrected chi connectivity index (χ0v) is 30.5. The number of carboxylic acid groups (broad SMARTS) is 1. The summed E-state index contributed by atoms with van der Waals surface area (Å²) in [6, 6.07) is 29.1. The lowest BCUT2D eigenvalue weighted by molar-refractivity contribution is -0.150. The summed E-state index contributed by atoms with van der Waals surface area (Å²) in [6.07, 6.45) is 3.31. The lowest BCUT2D eigenvalue weighted by atomic mass is 9.77. The molecule has 0 saturated carbocycles. The van der Waals surface area contributed by atoms with Crippen LogP contribution in [0, 0.1) is 0 Å². The number of aliphatic carboxylic acids is 1. The summed E-state index contributed by atoms with van der Waals surface area (Å²) in [6.45, 7) is 0. The van der Waals surface area contributed by atoms with Crippen LogP contribution in [-0.2, 0) is 24.8 Å². The number of allylic oxidation sites excluding steroid dienone is 1. The molecule has 52 heavy (non-hydrogen) atoms. The van der Waals surface area contributed by atoms with Gasteiger partial charge in [-0.15, -0.1) is 34.4 Å². The molecule has 2 amide bonds. The second kappa shape index (κ2) is 15.1. The van der Waals surface area contributed by atoms with Crippen LogP contribution in [0.1, 0.15) is 27.3 Å². The van der Waals surface area contributed by atoms with Crippen LogP contribution in [0.15, 0.2) is 124 Å². The van der Waals surface area contributed by atoms with Gasteiger partial charge in [-0.05, 0) is 28.3 Å². The van der Waals surface area contributed by atoms with Gasteiger partial charge >= 0.3 is 5.97 Å². The molecule has 5 aromatic rings. The van der Waals surface area contributed by atoms with Gasteiger partial charge in [0.2, 0.25) is 0 Å². The number of fused-ring (bicyclic) bond motifs is 1. The van der Waals surface area contributed by atoms with E-state index in [0.29, 0.717) is 26.5 Å². The second-order valence-electron chi connectivity index (χ2n) is 11.5. The van der Waals surface area contributed by atoms with Crippen LogP contribution in [-0.4, -0.2) is 67.7 Å². The zero-order chi connectivity index (χ0) is 36.2. The van der Waals surface area contributed by atoms with E-state index in [4.69, 9.17) is 21.4 Å². The minimum Gasteiger partial charge on any atom is -0.477 e. The first-order valence-corrected chi connectivity index (χ1v) is 19.0. The van der Waals surface area contributed by atoms with Crippen LogP contribution < -0.4 is 10.6 Å². The van der Waals surface area contributed by atoms with Gasteiger partial charge in [0.25, 0.3) is 11.8 Å². The monoisotopic (exact) mass is 768 g/mol. The molecule has 1 fully saturated rings. The van der Waals surface area contributed by atoms with Gasteiger partial charge in [0.15, 0.2) is 10.8 Å². The smallest absolute Gasteiger partial charge is 0.352 e. The number of β-lactam (4-membered cyclic amide) rings is 1. The standard InChI is InChI=1S/C37H29ClN6O5S3/c1-49-43-28(32(45)41-29-33(46)44-30(35(47)48)22(19-50-34(29)44)17-18-27-31(38)39-21-52-27)26-20-51-36(40-26)42-37(23-11-5-2-6-12-23,24-13-7-3-8-14-24)25-15-9-4-10-16-25/h2-18,20-21,29,34H,19H2,1H3,(H,40,42)(H,41,45)(H,47,48)/t29?,34-/m0/s1. The molecule has 4 heterocycles. The minimum absolute atomic E-state index is 0.136. The van der Waals surface area contributed by atoms with E-state index in [1.54, 1.807) is 23.0 Å². The number of benzene rings is 3. The number of thioether (sulfide) groups is 1. The number of carbonyl (C=O) groups is 3. The molecule has 1 unspecified atom stereocenters. The molecule has 2 aromatic heterocycles. The van der Waals surface area contributed by atoms with E-state index in [2.05, 4.69) is 57.2 Å². The number of hydrogen-bond acceptors (Lipinski definition) is 11. The van der Waals surface area contributed by atoms with Gasteiger partial charge < -0.3 is 20.6 Å². The SMILES string of the molecule is CON=C(C(=O)NC1C(=O)N2C(C(=O)O)=C(C=Cc3scnc3Cl)CS[C@@H]12)c1csc(NC(c2ccccc2)(c2ccccc2)c2ccccc2)n1. The van der Waals surface area contributed by atoms with Crippen molar-refractivity contribution in [3.63, 3.8) is 0 Å². The Labute approximate surface area is 315 Å². The predicted octanol–water partition coefficient (Wildman–Crippen LogP) is 6.46. The molecule has 11 nitrogen and oxygen atoms in total. The molecule has 3 aromatic carbocycles. The minimum atomic E-state index is -1.25. The summed E-state index contributed by atoms with van der Waals surface area (Å²) in [5, 5.41) is 22.4. The third-order valence-corrected chi connectivity index (χ3v) is 11.8. The first-order valence-electron chi connectivity index (χ1n) is 15.8. The van der Waals surface area contributed by atoms with Crippen LogP contribution in [0.3, 0.4) is 0 Å². The Morgan fingerprint density at radius 3 is 2.13 bits per heavy atom. The molecule has 2 aliphatic rings. The number of hydrogen-bond donors (Lipinski definition) is 3. The fourth-order valence-corrected chi connectivity index (χ4v) is 9.12. The number of nitrogens with zero attached hydrogens (tertiary/aromatic N) is 4. The van der Waals surface area contributed by atoms with Crippen molar-refractivity contribution in [2.75, 3.05) is 18.2 Å². The molecule has 7 rings (SSSR count). The van der Waals surface area contributed by atoms with E-state index in [9.17, 15) is 19.5 Å². The number of anilines is 1. The Hall–Kier alpha value is -5.28. The number of amides is 2. The fourth-order valence-electron chi connectivity index (χ4n) is 6.18. The van der Waals surface area contributed by atoms with Crippen molar-refractivity contribution in [3.05, 3.63) is 152 Å². The van der Waals surface area contributed by atoms with Crippen molar-refractivity contribution in [3.8, 4) is 0 Å². The van der Waals surface area contributed by atoms with Crippen molar-refractivity contribution in [2.45, 2.75) is 17.0 Å². The van der Waals surface area contributed by atoms with E-state index in [1.807, 2.05) is 54.6 Å². The van der Waals surface area contributed by atoms with E-state index < -0.39 is 34.7 Å². The number of nitrogens with one attached hydrogen (secondary N) is 2. The molecule has 2 aliphatic heterocycles. The van der Waals surface area contributed by atoms with Crippen molar-refractivity contribution in [1.29, 1.82) is 0 Å². The number of halogens is 1. The van der Waals surface area contributed by atoms with E-state index in [1.165, 1.54) is 46.4 Å². The molecule has 262 valence electrons. The van der Waals surface area contributed by atoms with Gasteiger partial charge in [-0.25, -0.2) is 14.8 Å². The summed E-state index contributed by atoms with van der Waals surface area (Å²) in [7, 11) is 1.32. The predicted molar refractivity (Wildman–Crippen MR) is 204 cm³/mol. The van der Waals surface area contributed by atoms with Gasteiger partial charge in [0.1, 0.15) is 40.6 Å². The molecule has 3 N–H and O–H groups in total. The first-order chi connectivity index (χ1) is 25.3. The maximum Gasteiger partial charge on any atom is 0.352 e. The summed E-state index contributed by atoms with van der Waals surface area (Å²) in [4.78, 5) is 55.2. The van der Waals surface area contributed by atoms with Crippen molar-refractivity contribution in [1.82, 2.24) is 20.2 Å². The highest BCUT2D eigenvalue weighted by atomic mass is 35.5. The van der Waals surface area contributed by atoms with Crippen LogP contribution in [0.25, 0.3) is 6.08 Å². The number of thiazole rings is 2. The summed E-state index contributed by atoms with van der Waals surface area (Å²) >= 11 is 10.0. The number of aromatic nitrogens is 2. The Morgan fingerprint density at radius 1 is 0.981 bits per heavy atom. The number of oxime groups is 1. The number of rotatable bonds is 12. The zero-order valence-electron chi connectivity index (χ0n) is 27.3. The topological polar surface area (TPSA) is 146 Å². The average molecular weight is 769 g/mol. The highest BCUT2D eigenvalue weighted by Crippen LogP contribution is 2.42. The lowest BCUT2D eigenvalue weighted by Crippen LogP contribution is -2.71. The van der Waals surface area contributed by atoms with Gasteiger partial charge in [0.05, 0.1) is 10.4 Å². The fraction of sp³-hybridized carbons (Fsp3) is 0.135. The highest BCUT2D eigenvalue weighted by Gasteiger charge is 2.54. The first kappa shape index (κ1) is 35.1. The maximum atomic E-state index is 13.7. The van der Waals surface area contributed by atoms with Gasteiger partial charge in [0, 0.05) is 11.1 Å². The normalized spacial score (nSPS) is 17.5. The molecule has 15 heteroatoms. The Kier molecular flexibility index (Phi) is 10.2. The Balaban J connectivity index is 1.14. The number of carbonyl (C=O) groups excluding carboxylic acids is 2. The van der Waals surface area contributed by atoms with E-state index in [-0.39, 0.29) is 17.1 Å². The largest absolute Gasteiger partial charge is 0.477 e. The summed E-state index contributed by atoms with van der Waals surface area (Å²) < 4.78 is 0. The van der Waals surface area contributed by atoms with Gasteiger partial charge in [-0.3, -0.25) is 14.5 Å². The molecule has 0 radical (unpaired) electrons. The lowest BCUT2D eigenvalue weighted by Gasteiger charge is -2.49. The molecular weight excluding hydrogens is 740 g/mol. The van der Waals surface area contributed by atoms with Crippen LogP contribution in [0.4, 0.5) is 5.13 Å². The second-order valence-corrected chi connectivity index (χ2v) is 14.7. The summed E-state index contributed by atoms with van der Waals surface area (Å²) in [5.41, 5.74) is 4.07. The molecule has 0 spiro atoms. The molecule has 1 saturated heterocycles. The van der Waals surface area contributed by atoms with Gasteiger partial charge in [-0.1, -0.05) is 114 Å². The highest BCUT2D eigenvalue weighted by molar-refractivity contribution is 8.00. The molecule has 2 atom stereocenters. The average Bonchev–Trinajstić information content (AvgIpc) is 3.82. The van der Waals surface area contributed by atoms with Crippen molar-refractivity contribution < 1.29 is 24.3 Å². The van der Waals surface area contributed by atoms with Crippen LogP contribution in [0.2, 0.25) is 5.15 Å². The number of carboxylic acids is 1. The molecular formula is C37H29ClN6O5S3. The maximum absolute atomic E-state index is 13.7. The molecule has 0 aliphatic carbocycles. The third-order valence-electron chi connectivity index (χ3n) is 8.53. The molecule has 0 bridgehead atoms. The quantitative estimate of drug-likeness (QED) is 0.0564. The Morgan fingerprint density at radius 2 is 1.60 bits per heavy atom. The van der Waals surface area contributed by atoms with E-state index in [0.717, 1.165) is 16.7 Å². The van der Waals surface area contributed by atoms with Crippen LogP contribution >= 0.6 is 46.0 Å². The van der Waals surface area contributed by atoms with E-state index >= 15 is 0 Å². The summed E-state index contributed by atoms with van der Waals surface area (Å²) in [5.74, 6) is -2.20. The van der Waals surface area contributed by atoms with Crippen molar-refractivity contribution >= 4 is 80.7 Å². The third kappa shape index (κ3) is 6.61. The van der Waals surface area contributed by atoms with Crippen molar-refractivity contribution in [2.24, 2.45) is 5.16 Å². The van der Waals surface area contributed by atoms with Crippen LogP contribution in [0.5, 0.6) is 0 Å². The van der Waals surface area contributed by atoms with Gasteiger partial charge in [-0.2, -0.15) is 0 Å².